The highest BCUT2D eigenvalue weighted by atomic mass is 16.5. The summed E-state index contributed by atoms with van der Waals surface area (Å²) in [6.07, 6.45) is 4.06. The first-order valence-corrected chi connectivity index (χ1v) is 6.98. The third kappa shape index (κ3) is 3.56. The Morgan fingerprint density at radius 3 is 2.81 bits per heavy atom. The number of benzene rings is 1. The Hall–Kier alpha value is -2.45. The SMILES string of the molecule is N#Cc1cnc(OC2CCN(Cc3ccccc3)C2)cn1. The monoisotopic (exact) mass is 280 g/mol. The lowest BCUT2D eigenvalue weighted by atomic mass is 10.2. The number of nitriles is 1. The van der Waals surface area contributed by atoms with Crippen LogP contribution in [0.5, 0.6) is 5.88 Å². The number of hydrogen-bond acceptors (Lipinski definition) is 5. The van der Waals surface area contributed by atoms with Gasteiger partial charge < -0.3 is 4.74 Å². The van der Waals surface area contributed by atoms with Crippen LogP contribution in [0.25, 0.3) is 0 Å². The Morgan fingerprint density at radius 1 is 1.24 bits per heavy atom. The lowest BCUT2D eigenvalue weighted by molar-refractivity contribution is 0.190. The maximum Gasteiger partial charge on any atom is 0.232 e. The highest BCUT2D eigenvalue weighted by Gasteiger charge is 2.24. The molecule has 2 aromatic rings. The molecule has 0 spiro atoms. The molecule has 21 heavy (non-hydrogen) atoms. The second kappa shape index (κ2) is 6.33. The quantitative estimate of drug-likeness (QED) is 0.857. The zero-order valence-corrected chi connectivity index (χ0v) is 11.6. The zero-order chi connectivity index (χ0) is 14.5. The van der Waals surface area contributed by atoms with Gasteiger partial charge in [-0.1, -0.05) is 30.3 Å². The predicted octanol–water partition coefficient (Wildman–Crippen LogP) is 2.00. The standard InChI is InChI=1S/C16H16N4O/c17-8-14-9-19-16(10-18-14)21-15-6-7-20(12-15)11-13-4-2-1-3-5-13/h1-5,9-10,15H,6-7,11-12H2. The van der Waals surface area contributed by atoms with Crippen LogP contribution in [0.2, 0.25) is 0 Å². The van der Waals surface area contributed by atoms with Crippen molar-refractivity contribution in [2.45, 2.75) is 19.1 Å². The van der Waals surface area contributed by atoms with E-state index in [2.05, 4.69) is 39.1 Å². The average molecular weight is 280 g/mol. The number of rotatable bonds is 4. The van der Waals surface area contributed by atoms with Crippen LogP contribution >= 0.6 is 0 Å². The number of hydrogen-bond donors (Lipinski definition) is 0. The maximum absolute atomic E-state index is 8.69. The molecular weight excluding hydrogens is 264 g/mol. The number of aromatic nitrogens is 2. The Labute approximate surface area is 123 Å². The fourth-order valence-electron chi connectivity index (χ4n) is 2.48. The molecule has 1 unspecified atom stereocenters. The summed E-state index contributed by atoms with van der Waals surface area (Å²) in [5.74, 6) is 0.487. The Bertz CT molecular complexity index is 621. The highest BCUT2D eigenvalue weighted by molar-refractivity contribution is 5.18. The van der Waals surface area contributed by atoms with Gasteiger partial charge in [0.2, 0.25) is 5.88 Å². The van der Waals surface area contributed by atoms with Crippen molar-refractivity contribution in [2.24, 2.45) is 0 Å². The van der Waals surface area contributed by atoms with Crippen LogP contribution in [0, 0.1) is 11.3 Å². The molecule has 3 rings (SSSR count). The van der Waals surface area contributed by atoms with E-state index in [4.69, 9.17) is 10.00 Å². The first-order valence-electron chi connectivity index (χ1n) is 6.98. The van der Waals surface area contributed by atoms with Crippen molar-refractivity contribution in [3.05, 3.63) is 54.0 Å². The van der Waals surface area contributed by atoms with E-state index in [1.807, 2.05) is 12.1 Å². The van der Waals surface area contributed by atoms with Crippen LogP contribution in [0.15, 0.2) is 42.7 Å². The van der Waals surface area contributed by atoms with Gasteiger partial charge in [0.25, 0.3) is 0 Å². The Morgan fingerprint density at radius 2 is 2.10 bits per heavy atom. The minimum atomic E-state index is 0.135. The molecule has 1 atom stereocenters. The lowest BCUT2D eigenvalue weighted by Crippen LogP contribution is -2.24. The second-order valence-corrected chi connectivity index (χ2v) is 5.10. The van der Waals surface area contributed by atoms with E-state index < -0.39 is 0 Å². The molecule has 5 heteroatoms. The molecule has 1 saturated heterocycles. The second-order valence-electron chi connectivity index (χ2n) is 5.10. The molecule has 0 bridgehead atoms. The van der Waals surface area contributed by atoms with Crippen LogP contribution < -0.4 is 4.74 Å². The molecule has 1 aromatic carbocycles. The maximum atomic E-state index is 8.69. The zero-order valence-electron chi connectivity index (χ0n) is 11.6. The number of nitrogens with zero attached hydrogens (tertiary/aromatic N) is 4. The van der Waals surface area contributed by atoms with E-state index >= 15 is 0 Å². The van der Waals surface area contributed by atoms with E-state index in [1.54, 1.807) is 0 Å². The fraction of sp³-hybridized carbons (Fsp3) is 0.312. The van der Waals surface area contributed by atoms with Gasteiger partial charge in [-0.25, -0.2) is 9.97 Å². The van der Waals surface area contributed by atoms with Gasteiger partial charge >= 0.3 is 0 Å². The topological polar surface area (TPSA) is 62.0 Å². The van der Waals surface area contributed by atoms with Crippen molar-refractivity contribution in [3.63, 3.8) is 0 Å². The first-order chi connectivity index (χ1) is 10.3. The molecule has 0 aliphatic carbocycles. The summed E-state index contributed by atoms with van der Waals surface area (Å²) in [5, 5.41) is 8.69. The lowest BCUT2D eigenvalue weighted by Gasteiger charge is -2.16. The van der Waals surface area contributed by atoms with Crippen LogP contribution in [0.1, 0.15) is 17.7 Å². The van der Waals surface area contributed by atoms with Crippen molar-refractivity contribution in [1.82, 2.24) is 14.9 Å². The van der Waals surface area contributed by atoms with Gasteiger partial charge in [0.05, 0.1) is 12.4 Å². The first kappa shape index (κ1) is 13.5. The molecule has 1 aliphatic heterocycles. The van der Waals surface area contributed by atoms with Gasteiger partial charge in [-0.05, 0) is 12.0 Å². The molecule has 0 saturated carbocycles. The molecule has 0 N–H and O–H groups in total. The number of ether oxygens (including phenoxy) is 1. The van der Waals surface area contributed by atoms with E-state index in [1.165, 1.54) is 18.0 Å². The molecule has 5 nitrogen and oxygen atoms in total. The van der Waals surface area contributed by atoms with Crippen LogP contribution in [0.4, 0.5) is 0 Å². The Balaban J connectivity index is 1.53. The van der Waals surface area contributed by atoms with Crippen molar-refractivity contribution >= 4 is 0 Å². The van der Waals surface area contributed by atoms with Gasteiger partial charge in [0, 0.05) is 19.6 Å². The average Bonchev–Trinajstić information content (AvgIpc) is 2.96. The van der Waals surface area contributed by atoms with Crippen molar-refractivity contribution in [3.8, 4) is 11.9 Å². The van der Waals surface area contributed by atoms with Gasteiger partial charge in [-0.15, -0.1) is 0 Å². The minimum Gasteiger partial charge on any atom is -0.472 e. The van der Waals surface area contributed by atoms with Gasteiger partial charge in [0.15, 0.2) is 5.69 Å². The minimum absolute atomic E-state index is 0.135. The summed E-state index contributed by atoms with van der Waals surface area (Å²) >= 11 is 0. The van der Waals surface area contributed by atoms with Crippen molar-refractivity contribution in [1.29, 1.82) is 5.26 Å². The van der Waals surface area contributed by atoms with Crippen LogP contribution in [0.3, 0.4) is 0 Å². The van der Waals surface area contributed by atoms with Crippen LogP contribution in [-0.4, -0.2) is 34.1 Å². The summed E-state index contributed by atoms with van der Waals surface area (Å²) in [4.78, 5) is 10.4. The smallest absolute Gasteiger partial charge is 0.232 e. The van der Waals surface area contributed by atoms with Gasteiger partial charge in [-0.3, -0.25) is 4.90 Å². The van der Waals surface area contributed by atoms with Gasteiger partial charge in [-0.2, -0.15) is 5.26 Å². The summed E-state index contributed by atoms with van der Waals surface area (Å²) in [5.41, 5.74) is 1.62. The number of likely N-dealkylation sites (tertiary alicyclic amines) is 1. The molecule has 0 radical (unpaired) electrons. The summed E-state index contributed by atoms with van der Waals surface area (Å²) < 4.78 is 5.82. The van der Waals surface area contributed by atoms with E-state index in [-0.39, 0.29) is 6.10 Å². The summed E-state index contributed by atoms with van der Waals surface area (Å²) in [6.45, 7) is 2.85. The van der Waals surface area contributed by atoms with E-state index in [0.29, 0.717) is 11.6 Å². The van der Waals surface area contributed by atoms with Crippen molar-refractivity contribution < 1.29 is 4.74 Å². The summed E-state index contributed by atoms with van der Waals surface area (Å²) in [6, 6.07) is 12.4. The van der Waals surface area contributed by atoms with Gasteiger partial charge in [0.1, 0.15) is 12.2 Å². The normalized spacial score (nSPS) is 18.3. The molecule has 1 aromatic heterocycles. The predicted molar refractivity (Wildman–Crippen MR) is 77.5 cm³/mol. The molecular formula is C16H16N4O. The Kier molecular flexibility index (Phi) is 4.08. The third-order valence-corrected chi connectivity index (χ3v) is 3.51. The largest absolute Gasteiger partial charge is 0.472 e. The summed E-state index contributed by atoms with van der Waals surface area (Å²) in [7, 11) is 0. The molecule has 1 aliphatic rings. The van der Waals surface area contributed by atoms with E-state index in [9.17, 15) is 0 Å². The molecule has 106 valence electrons. The van der Waals surface area contributed by atoms with E-state index in [0.717, 1.165) is 26.1 Å². The molecule has 0 amide bonds. The van der Waals surface area contributed by atoms with Crippen LogP contribution in [-0.2, 0) is 6.54 Å². The fourth-order valence-corrected chi connectivity index (χ4v) is 2.48. The highest BCUT2D eigenvalue weighted by Crippen LogP contribution is 2.17. The third-order valence-electron chi connectivity index (χ3n) is 3.51. The molecule has 1 fully saturated rings. The van der Waals surface area contributed by atoms with Crippen molar-refractivity contribution in [2.75, 3.05) is 13.1 Å². The molecule has 2 heterocycles.